The van der Waals surface area contributed by atoms with Gasteiger partial charge in [0.2, 0.25) is 0 Å². The van der Waals surface area contributed by atoms with Gasteiger partial charge in [0.05, 0.1) is 10.9 Å². The molecule has 2 rings (SSSR count). The normalized spacial score (nSPS) is 20.7. The minimum Gasteiger partial charge on any atom is -0.459 e. The fourth-order valence-electron chi connectivity index (χ4n) is 1.98. The minimum absolute atomic E-state index is 0.0458. The van der Waals surface area contributed by atoms with Crippen LogP contribution in [0.25, 0.3) is 0 Å². The highest BCUT2D eigenvalue weighted by Gasteiger charge is 2.23. The van der Waals surface area contributed by atoms with E-state index in [2.05, 4.69) is 18.7 Å². The van der Waals surface area contributed by atoms with Crippen molar-refractivity contribution < 1.29 is 14.3 Å². The molecule has 0 spiro atoms. The van der Waals surface area contributed by atoms with Crippen LogP contribution in [0.5, 0.6) is 0 Å². The number of hydrogen-bond donors (Lipinski definition) is 0. The number of esters is 1. The molecule has 0 aromatic carbocycles. The lowest BCUT2D eigenvalue weighted by molar-refractivity contribution is -0.0661. The van der Waals surface area contributed by atoms with Gasteiger partial charge in [-0.2, -0.15) is 0 Å². The van der Waals surface area contributed by atoms with Crippen LogP contribution in [0.3, 0.4) is 0 Å². The summed E-state index contributed by atoms with van der Waals surface area (Å²) >= 11 is 7.01. The predicted octanol–water partition coefficient (Wildman–Crippen LogP) is 2.67. The Kier molecular flexibility index (Phi) is 5.21. The smallest absolute Gasteiger partial charge is 0.348 e. The number of ether oxygens (including phenoxy) is 2. The summed E-state index contributed by atoms with van der Waals surface area (Å²) in [5.74, 6) is -0.331. The van der Waals surface area contributed by atoms with Gasteiger partial charge in [-0.25, -0.2) is 4.79 Å². The SMILES string of the molecule is CC(C)N1CCO[C@H](COC(=O)c2ccc(Cl)s2)C1. The maximum Gasteiger partial charge on any atom is 0.348 e. The molecule has 1 atom stereocenters. The highest BCUT2D eigenvalue weighted by atomic mass is 35.5. The molecule has 0 unspecified atom stereocenters. The van der Waals surface area contributed by atoms with Crippen molar-refractivity contribution in [3.05, 3.63) is 21.3 Å². The van der Waals surface area contributed by atoms with Gasteiger partial charge >= 0.3 is 5.97 Å². The van der Waals surface area contributed by atoms with Gasteiger partial charge in [0, 0.05) is 19.1 Å². The Balaban J connectivity index is 1.80. The van der Waals surface area contributed by atoms with Crippen LogP contribution in [-0.2, 0) is 9.47 Å². The van der Waals surface area contributed by atoms with E-state index in [4.69, 9.17) is 21.1 Å². The van der Waals surface area contributed by atoms with E-state index in [0.717, 1.165) is 13.1 Å². The van der Waals surface area contributed by atoms with Gasteiger partial charge in [0.1, 0.15) is 17.6 Å². The fraction of sp³-hybridized carbons (Fsp3) is 0.615. The Bertz CT molecular complexity index is 435. The lowest BCUT2D eigenvalue weighted by Gasteiger charge is -2.35. The molecule has 1 aliphatic heterocycles. The number of carbonyl (C=O) groups is 1. The van der Waals surface area contributed by atoms with Crippen molar-refractivity contribution in [1.82, 2.24) is 4.90 Å². The van der Waals surface area contributed by atoms with Crippen molar-refractivity contribution in [2.45, 2.75) is 26.0 Å². The Morgan fingerprint density at radius 1 is 1.63 bits per heavy atom. The lowest BCUT2D eigenvalue weighted by Crippen LogP contribution is -2.47. The Hall–Kier alpha value is -0.620. The van der Waals surface area contributed by atoms with E-state index in [0.29, 0.717) is 21.9 Å². The third-order valence-electron chi connectivity index (χ3n) is 3.08. The molecule has 0 N–H and O–H groups in total. The van der Waals surface area contributed by atoms with Crippen molar-refractivity contribution in [1.29, 1.82) is 0 Å². The highest BCUT2D eigenvalue weighted by Crippen LogP contribution is 2.22. The molecule has 106 valence electrons. The molecule has 1 aromatic rings. The monoisotopic (exact) mass is 303 g/mol. The molecule has 0 saturated carbocycles. The Morgan fingerprint density at radius 2 is 2.42 bits per heavy atom. The molecular weight excluding hydrogens is 286 g/mol. The largest absolute Gasteiger partial charge is 0.459 e. The summed E-state index contributed by atoms with van der Waals surface area (Å²) < 4.78 is 11.5. The number of nitrogens with zero attached hydrogens (tertiary/aromatic N) is 1. The van der Waals surface area contributed by atoms with Gasteiger partial charge in [0.25, 0.3) is 0 Å². The average molecular weight is 304 g/mol. The van der Waals surface area contributed by atoms with Gasteiger partial charge in [-0.05, 0) is 26.0 Å². The van der Waals surface area contributed by atoms with E-state index in [-0.39, 0.29) is 18.7 Å². The second-order valence-electron chi connectivity index (χ2n) is 4.78. The molecule has 2 heterocycles. The maximum atomic E-state index is 11.8. The molecule has 1 saturated heterocycles. The summed E-state index contributed by atoms with van der Waals surface area (Å²) in [4.78, 5) is 14.6. The van der Waals surface area contributed by atoms with Crippen molar-refractivity contribution in [2.75, 3.05) is 26.3 Å². The molecular formula is C13H18ClNO3S. The van der Waals surface area contributed by atoms with Gasteiger partial charge < -0.3 is 9.47 Å². The molecule has 1 aliphatic rings. The topological polar surface area (TPSA) is 38.8 Å². The number of thiophene rings is 1. The maximum absolute atomic E-state index is 11.8. The third-order valence-corrected chi connectivity index (χ3v) is 4.29. The Labute approximate surface area is 122 Å². The van der Waals surface area contributed by atoms with E-state index in [9.17, 15) is 4.79 Å². The zero-order chi connectivity index (χ0) is 13.8. The van der Waals surface area contributed by atoms with Crippen LogP contribution in [0.15, 0.2) is 12.1 Å². The van der Waals surface area contributed by atoms with Crippen LogP contribution in [0.4, 0.5) is 0 Å². The fourth-order valence-corrected chi connectivity index (χ4v) is 2.91. The summed E-state index contributed by atoms with van der Waals surface area (Å²) in [6.07, 6.45) is -0.0458. The van der Waals surface area contributed by atoms with Gasteiger partial charge in [-0.15, -0.1) is 11.3 Å². The molecule has 1 fully saturated rings. The summed E-state index contributed by atoms with van der Waals surface area (Å²) in [5.41, 5.74) is 0. The quantitative estimate of drug-likeness (QED) is 0.802. The third kappa shape index (κ3) is 4.18. The summed E-state index contributed by atoms with van der Waals surface area (Å²) in [6.45, 7) is 7.02. The summed E-state index contributed by atoms with van der Waals surface area (Å²) in [5, 5.41) is 0. The van der Waals surface area contributed by atoms with E-state index >= 15 is 0 Å². The summed E-state index contributed by atoms with van der Waals surface area (Å²) in [7, 11) is 0. The van der Waals surface area contributed by atoms with Crippen LogP contribution in [-0.4, -0.2) is 49.3 Å². The number of rotatable bonds is 4. The van der Waals surface area contributed by atoms with Crippen molar-refractivity contribution >= 4 is 28.9 Å². The van der Waals surface area contributed by atoms with E-state index < -0.39 is 0 Å². The molecule has 1 aromatic heterocycles. The minimum atomic E-state index is -0.331. The van der Waals surface area contributed by atoms with E-state index in [1.54, 1.807) is 12.1 Å². The van der Waals surface area contributed by atoms with Crippen molar-refractivity contribution in [3.63, 3.8) is 0 Å². The first kappa shape index (κ1) is 14.8. The summed E-state index contributed by atoms with van der Waals surface area (Å²) in [6, 6.07) is 3.86. The van der Waals surface area contributed by atoms with Crippen LogP contribution < -0.4 is 0 Å². The Morgan fingerprint density at radius 3 is 3.05 bits per heavy atom. The average Bonchev–Trinajstić information content (AvgIpc) is 2.83. The number of hydrogen-bond acceptors (Lipinski definition) is 5. The van der Waals surface area contributed by atoms with Gasteiger partial charge in [-0.1, -0.05) is 11.6 Å². The first-order valence-corrected chi connectivity index (χ1v) is 7.54. The number of morpholine rings is 1. The molecule has 4 nitrogen and oxygen atoms in total. The second-order valence-corrected chi connectivity index (χ2v) is 6.50. The zero-order valence-electron chi connectivity index (χ0n) is 11.1. The predicted molar refractivity (Wildman–Crippen MR) is 76.1 cm³/mol. The van der Waals surface area contributed by atoms with Crippen LogP contribution >= 0.6 is 22.9 Å². The lowest BCUT2D eigenvalue weighted by atomic mass is 10.2. The standard InChI is InChI=1S/C13H18ClNO3S/c1-9(2)15-5-6-17-10(7-15)8-18-13(16)11-3-4-12(14)19-11/h3-4,9-10H,5-8H2,1-2H3/t10-/m0/s1. The van der Waals surface area contributed by atoms with Crippen LogP contribution in [0.2, 0.25) is 4.34 Å². The van der Waals surface area contributed by atoms with Crippen molar-refractivity contribution in [2.24, 2.45) is 0 Å². The highest BCUT2D eigenvalue weighted by molar-refractivity contribution is 7.17. The second kappa shape index (κ2) is 6.70. The molecule has 0 amide bonds. The zero-order valence-corrected chi connectivity index (χ0v) is 12.7. The number of halogens is 1. The molecule has 19 heavy (non-hydrogen) atoms. The van der Waals surface area contributed by atoms with Gasteiger partial charge in [-0.3, -0.25) is 4.90 Å². The van der Waals surface area contributed by atoms with Crippen LogP contribution in [0, 0.1) is 0 Å². The molecule has 0 aliphatic carbocycles. The van der Waals surface area contributed by atoms with Crippen molar-refractivity contribution in [3.8, 4) is 0 Å². The molecule has 6 heteroatoms. The molecule has 0 radical (unpaired) electrons. The number of carbonyl (C=O) groups excluding carboxylic acids is 1. The van der Waals surface area contributed by atoms with Crippen LogP contribution in [0.1, 0.15) is 23.5 Å². The first-order valence-electron chi connectivity index (χ1n) is 6.34. The van der Waals surface area contributed by atoms with E-state index in [1.807, 2.05) is 0 Å². The van der Waals surface area contributed by atoms with E-state index in [1.165, 1.54) is 11.3 Å². The first-order chi connectivity index (χ1) is 9.06. The molecule has 0 bridgehead atoms. The van der Waals surface area contributed by atoms with Gasteiger partial charge in [0.15, 0.2) is 0 Å².